The van der Waals surface area contributed by atoms with Crippen molar-refractivity contribution in [3.63, 3.8) is 0 Å². The molecule has 1 aliphatic carbocycles. The average molecular weight is 240 g/mol. The van der Waals surface area contributed by atoms with Crippen molar-refractivity contribution in [2.45, 2.75) is 44.0 Å². The van der Waals surface area contributed by atoms with Gasteiger partial charge in [-0.1, -0.05) is 0 Å². The highest BCUT2D eigenvalue weighted by Gasteiger charge is 2.44. The lowest BCUT2D eigenvalue weighted by Crippen LogP contribution is -2.34. The van der Waals surface area contributed by atoms with Crippen molar-refractivity contribution in [2.75, 3.05) is 32.8 Å². The van der Waals surface area contributed by atoms with E-state index in [4.69, 9.17) is 15.2 Å². The summed E-state index contributed by atoms with van der Waals surface area (Å²) >= 11 is 0. The molecule has 3 rings (SSSR count). The summed E-state index contributed by atoms with van der Waals surface area (Å²) in [5.41, 5.74) is 5.72. The maximum atomic E-state index is 6.15. The van der Waals surface area contributed by atoms with Crippen LogP contribution >= 0.6 is 0 Å². The van der Waals surface area contributed by atoms with E-state index < -0.39 is 0 Å². The Bertz CT molecular complexity index is 266. The zero-order valence-corrected chi connectivity index (χ0v) is 10.6. The van der Waals surface area contributed by atoms with E-state index in [0.29, 0.717) is 5.92 Å². The molecule has 2 atom stereocenters. The summed E-state index contributed by atoms with van der Waals surface area (Å²) in [6.07, 6.45) is 6.22. The van der Waals surface area contributed by atoms with Crippen LogP contribution in [0, 0.1) is 5.92 Å². The fourth-order valence-electron chi connectivity index (χ4n) is 3.44. The van der Waals surface area contributed by atoms with Crippen LogP contribution in [0.2, 0.25) is 0 Å². The van der Waals surface area contributed by atoms with E-state index in [1.54, 1.807) is 0 Å². The summed E-state index contributed by atoms with van der Waals surface area (Å²) in [5, 5.41) is 0. The Morgan fingerprint density at radius 2 is 2.12 bits per heavy atom. The highest BCUT2D eigenvalue weighted by atomic mass is 16.7. The number of rotatable bonds is 3. The third-order valence-corrected chi connectivity index (χ3v) is 4.44. The molecule has 0 aromatic carbocycles. The van der Waals surface area contributed by atoms with Crippen LogP contribution in [0.1, 0.15) is 32.1 Å². The van der Waals surface area contributed by atoms with Gasteiger partial charge in [0.05, 0.1) is 12.7 Å². The standard InChI is InChI=1S/C13H24N2O2/c14-7-11-3-6-15(8-11)9-12-10-16-13(17-12)4-1-2-5-13/h11-12H,1-10,14H2. The summed E-state index contributed by atoms with van der Waals surface area (Å²) in [4.78, 5) is 2.49. The summed E-state index contributed by atoms with van der Waals surface area (Å²) in [6.45, 7) is 4.95. The molecule has 2 N–H and O–H groups in total. The minimum absolute atomic E-state index is 0.197. The van der Waals surface area contributed by atoms with Gasteiger partial charge in [0.25, 0.3) is 0 Å². The van der Waals surface area contributed by atoms with E-state index in [9.17, 15) is 0 Å². The monoisotopic (exact) mass is 240 g/mol. The molecule has 3 fully saturated rings. The molecule has 0 bridgehead atoms. The number of nitrogens with zero attached hydrogens (tertiary/aromatic N) is 1. The first kappa shape index (κ1) is 11.9. The van der Waals surface area contributed by atoms with Gasteiger partial charge in [-0.2, -0.15) is 0 Å². The maximum absolute atomic E-state index is 6.15. The third-order valence-electron chi connectivity index (χ3n) is 4.44. The van der Waals surface area contributed by atoms with Crippen molar-refractivity contribution >= 4 is 0 Å². The van der Waals surface area contributed by atoms with E-state index in [-0.39, 0.29) is 11.9 Å². The molecule has 2 heterocycles. The Kier molecular flexibility index (Phi) is 3.39. The first-order chi connectivity index (χ1) is 8.30. The summed E-state index contributed by atoms with van der Waals surface area (Å²) in [6, 6.07) is 0. The molecule has 0 aromatic rings. The molecule has 2 aliphatic heterocycles. The molecular weight excluding hydrogens is 216 g/mol. The molecule has 1 spiro atoms. The lowest BCUT2D eigenvalue weighted by Gasteiger charge is -2.24. The fraction of sp³-hybridized carbons (Fsp3) is 1.00. The zero-order chi connectivity index (χ0) is 11.7. The Morgan fingerprint density at radius 1 is 1.29 bits per heavy atom. The van der Waals surface area contributed by atoms with Crippen LogP contribution in [0.4, 0.5) is 0 Å². The van der Waals surface area contributed by atoms with Gasteiger partial charge in [0, 0.05) is 25.9 Å². The Balaban J connectivity index is 1.47. The molecule has 3 aliphatic rings. The van der Waals surface area contributed by atoms with Crippen LogP contribution in [-0.2, 0) is 9.47 Å². The van der Waals surface area contributed by atoms with Crippen LogP contribution in [-0.4, -0.2) is 49.6 Å². The van der Waals surface area contributed by atoms with Gasteiger partial charge in [0.2, 0.25) is 0 Å². The molecule has 2 unspecified atom stereocenters. The van der Waals surface area contributed by atoms with Gasteiger partial charge in [-0.3, -0.25) is 0 Å². The Labute approximate surface area is 103 Å². The number of hydrogen-bond acceptors (Lipinski definition) is 4. The van der Waals surface area contributed by atoms with Crippen molar-refractivity contribution in [2.24, 2.45) is 11.7 Å². The molecule has 2 saturated heterocycles. The first-order valence-corrected chi connectivity index (χ1v) is 7.04. The Hall–Kier alpha value is -0.160. The van der Waals surface area contributed by atoms with Crippen molar-refractivity contribution in [3.05, 3.63) is 0 Å². The van der Waals surface area contributed by atoms with Gasteiger partial charge in [-0.25, -0.2) is 0 Å². The van der Waals surface area contributed by atoms with Gasteiger partial charge >= 0.3 is 0 Å². The lowest BCUT2D eigenvalue weighted by atomic mass is 10.1. The van der Waals surface area contributed by atoms with E-state index in [2.05, 4.69) is 4.90 Å². The van der Waals surface area contributed by atoms with Crippen LogP contribution < -0.4 is 5.73 Å². The number of nitrogens with two attached hydrogens (primary N) is 1. The van der Waals surface area contributed by atoms with E-state index in [0.717, 1.165) is 39.1 Å². The van der Waals surface area contributed by atoms with Crippen LogP contribution in [0.25, 0.3) is 0 Å². The molecule has 4 heteroatoms. The first-order valence-electron chi connectivity index (χ1n) is 7.04. The topological polar surface area (TPSA) is 47.7 Å². The van der Waals surface area contributed by atoms with Crippen LogP contribution in [0.5, 0.6) is 0 Å². The number of likely N-dealkylation sites (tertiary alicyclic amines) is 1. The van der Waals surface area contributed by atoms with Gasteiger partial charge in [0.15, 0.2) is 5.79 Å². The normalized spacial score (nSPS) is 37.2. The molecule has 4 nitrogen and oxygen atoms in total. The highest BCUT2D eigenvalue weighted by molar-refractivity contribution is 4.86. The lowest BCUT2D eigenvalue weighted by molar-refractivity contribution is -0.163. The SMILES string of the molecule is NCC1CCN(CC2COC3(CCCC3)O2)C1. The quantitative estimate of drug-likeness (QED) is 0.798. The molecule has 17 heavy (non-hydrogen) atoms. The second-order valence-electron chi connectivity index (χ2n) is 5.82. The van der Waals surface area contributed by atoms with Crippen molar-refractivity contribution in [3.8, 4) is 0 Å². The van der Waals surface area contributed by atoms with Gasteiger partial charge < -0.3 is 20.1 Å². The second kappa shape index (κ2) is 4.84. The largest absolute Gasteiger partial charge is 0.347 e. The number of hydrogen-bond donors (Lipinski definition) is 1. The average Bonchev–Trinajstić information content (AvgIpc) is 3.03. The van der Waals surface area contributed by atoms with Gasteiger partial charge in [-0.05, 0) is 38.3 Å². The summed E-state index contributed by atoms with van der Waals surface area (Å²) < 4.78 is 12.0. The molecule has 1 saturated carbocycles. The molecule has 0 aromatic heterocycles. The fourth-order valence-corrected chi connectivity index (χ4v) is 3.44. The van der Waals surface area contributed by atoms with Gasteiger partial charge in [0.1, 0.15) is 0 Å². The minimum Gasteiger partial charge on any atom is -0.347 e. The number of ether oxygens (including phenoxy) is 2. The van der Waals surface area contributed by atoms with Crippen LogP contribution in [0.3, 0.4) is 0 Å². The highest BCUT2D eigenvalue weighted by Crippen LogP contribution is 2.39. The summed E-state index contributed by atoms with van der Waals surface area (Å²) in [7, 11) is 0. The predicted molar refractivity (Wildman–Crippen MR) is 65.6 cm³/mol. The van der Waals surface area contributed by atoms with E-state index >= 15 is 0 Å². The summed E-state index contributed by atoms with van der Waals surface area (Å²) in [5.74, 6) is 0.496. The van der Waals surface area contributed by atoms with E-state index in [1.807, 2.05) is 0 Å². The van der Waals surface area contributed by atoms with Crippen molar-refractivity contribution in [1.82, 2.24) is 4.90 Å². The Morgan fingerprint density at radius 3 is 2.82 bits per heavy atom. The maximum Gasteiger partial charge on any atom is 0.168 e. The smallest absolute Gasteiger partial charge is 0.168 e. The second-order valence-corrected chi connectivity index (χ2v) is 5.82. The molecule has 0 amide bonds. The van der Waals surface area contributed by atoms with Crippen LogP contribution in [0.15, 0.2) is 0 Å². The van der Waals surface area contributed by atoms with E-state index in [1.165, 1.54) is 25.8 Å². The third kappa shape index (κ3) is 2.50. The van der Waals surface area contributed by atoms with Gasteiger partial charge in [-0.15, -0.1) is 0 Å². The molecule has 98 valence electrons. The zero-order valence-electron chi connectivity index (χ0n) is 10.6. The van der Waals surface area contributed by atoms with Crippen molar-refractivity contribution < 1.29 is 9.47 Å². The van der Waals surface area contributed by atoms with Crippen molar-refractivity contribution in [1.29, 1.82) is 0 Å². The predicted octanol–water partition coefficient (Wildman–Crippen LogP) is 0.953. The molecule has 0 radical (unpaired) electrons. The molecular formula is C13H24N2O2. The minimum atomic E-state index is -0.197.